The number of carbonyl (C=O) groups excluding carboxylic acids is 1. The standard InChI is InChI=1S/C26H32N2O4S/c1-32-24-12-10-21(20-25(24)33(30,31)28-16-6-3-7-17-28)11-13-26(29)27-18-14-23(15-19-27)22-8-4-2-5-9-22/h2,4-5,8-13,20,23H,3,6-7,14-19H2,1H3/b13-11+. The predicted molar refractivity (Wildman–Crippen MR) is 130 cm³/mol. The van der Waals surface area contributed by atoms with Gasteiger partial charge in [-0.3, -0.25) is 4.79 Å². The quantitative estimate of drug-likeness (QED) is 0.593. The summed E-state index contributed by atoms with van der Waals surface area (Å²) in [4.78, 5) is 14.8. The molecule has 0 radical (unpaired) electrons. The second-order valence-electron chi connectivity index (χ2n) is 8.72. The lowest BCUT2D eigenvalue weighted by Gasteiger charge is -2.31. The van der Waals surface area contributed by atoms with Crippen LogP contribution < -0.4 is 4.74 Å². The maximum absolute atomic E-state index is 13.2. The van der Waals surface area contributed by atoms with Gasteiger partial charge in [-0.05, 0) is 60.9 Å². The van der Waals surface area contributed by atoms with Gasteiger partial charge >= 0.3 is 0 Å². The van der Waals surface area contributed by atoms with Gasteiger partial charge in [0.2, 0.25) is 15.9 Å². The van der Waals surface area contributed by atoms with Crippen LogP contribution in [0.1, 0.15) is 49.1 Å². The molecule has 2 fully saturated rings. The van der Waals surface area contributed by atoms with Gasteiger partial charge in [0.15, 0.2) is 0 Å². The Morgan fingerprint density at radius 1 is 0.970 bits per heavy atom. The van der Waals surface area contributed by atoms with Gasteiger partial charge in [0.05, 0.1) is 7.11 Å². The van der Waals surface area contributed by atoms with E-state index in [0.717, 1.165) is 45.2 Å². The summed E-state index contributed by atoms with van der Waals surface area (Å²) in [5.74, 6) is 0.771. The lowest BCUT2D eigenvalue weighted by atomic mass is 9.89. The van der Waals surface area contributed by atoms with E-state index in [9.17, 15) is 13.2 Å². The summed E-state index contributed by atoms with van der Waals surface area (Å²) in [6.45, 7) is 2.51. The van der Waals surface area contributed by atoms with Crippen molar-refractivity contribution in [3.8, 4) is 5.75 Å². The number of methoxy groups -OCH3 is 1. The monoisotopic (exact) mass is 468 g/mol. The Labute approximate surface area is 196 Å². The molecule has 0 atom stereocenters. The van der Waals surface area contributed by atoms with Gasteiger partial charge in [-0.1, -0.05) is 42.8 Å². The third-order valence-corrected chi connectivity index (χ3v) is 8.54. The van der Waals surface area contributed by atoms with Crippen LogP contribution in [0.5, 0.6) is 5.75 Å². The molecule has 0 saturated carbocycles. The first-order valence-electron chi connectivity index (χ1n) is 11.7. The minimum atomic E-state index is -3.64. The number of ether oxygens (including phenoxy) is 1. The van der Waals surface area contributed by atoms with E-state index in [1.807, 2.05) is 11.0 Å². The fraction of sp³-hybridized carbons (Fsp3) is 0.423. The van der Waals surface area contributed by atoms with Crippen LogP contribution in [0.3, 0.4) is 0 Å². The van der Waals surface area contributed by atoms with Crippen molar-refractivity contribution in [1.29, 1.82) is 0 Å². The molecule has 2 aromatic rings. The molecule has 0 bridgehead atoms. The largest absolute Gasteiger partial charge is 0.495 e. The van der Waals surface area contributed by atoms with Crippen molar-refractivity contribution in [2.24, 2.45) is 0 Å². The summed E-state index contributed by atoms with van der Waals surface area (Å²) in [5, 5.41) is 0. The molecule has 2 heterocycles. The first-order chi connectivity index (χ1) is 16.0. The Kier molecular flexibility index (Phi) is 7.50. The summed E-state index contributed by atoms with van der Waals surface area (Å²) < 4.78 is 33.3. The molecular weight excluding hydrogens is 436 g/mol. The molecule has 7 heteroatoms. The third kappa shape index (κ3) is 5.47. The maximum atomic E-state index is 13.2. The predicted octanol–water partition coefficient (Wildman–Crippen LogP) is 4.29. The van der Waals surface area contributed by atoms with Crippen molar-refractivity contribution in [3.63, 3.8) is 0 Å². The molecular formula is C26H32N2O4S. The number of rotatable bonds is 6. The number of benzene rings is 2. The molecule has 6 nitrogen and oxygen atoms in total. The molecule has 2 saturated heterocycles. The molecule has 2 aromatic carbocycles. The van der Waals surface area contributed by atoms with Crippen molar-refractivity contribution in [2.45, 2.75) is 42.9 Å². The topological polar surface area (TPSA) is 66.9 Å². The summed E-state index contributed by atoms with van der Waals surface area (Å²) in [5.41, 5.74) is 2.00. The van der Waals surface area contributed by atoms with E-state index in [-0.39, 0.29) is 10.8 Å². The normalized spacial score (nSPS) is 18.5. The van der Waals surface area contributed by atoms with Crippen molar-refractivity contribution < 1.29 is 17.9 Å². The Bertz CT molecular complexity index is 1080. The van der Waals surface area contributed by atoms with Crippen molar-refractivity contribution >= 4 is 22.0 Å². The highest BCUT2D eigenvalue weighted by Crippen LogP contribution is 2.30. The summed E-state index contributed by atoms with van der Waals surface area (Å²) in [6.07, 6.45) is 7.93. The second-order valence-corrected chi connectivity index (χ2v) is 10.6. The number of carbonyl (C=O) groups is 1. The molecule has 0 N–H and O–H groups in total. The maximum Gasteiger partial charge on any atom is 0.246 e. The van der Waals surface area contributed by atoms with E-state index < -0.39 is 10.0 Å². The molecule has 2 aliphatic rings. The first-order valence-corrected chi connectivity index (χ1v) is 13.1. The number of amides is 1. The fourth-order valence-corrected chi connectivity index (χ4v) is 6.38. The third-order valence-electron chi connectivity index (χ3n) is 6.62. The smallest absolute Gasteiger partial charge is 0.246 e. The number of hydrogen-bond donors (Lipinski definition) is 0. The van der Waals surface area contributed by atoms with Gasteiger partial charge in [0.1, 0.15) is 10.6 Å². The molecule has 1 amide bonds. The highest BCUT2D eigenvalue weighted by atomic mass is 32.2. The van der Waals surface area contributed by atoms with E-state index >= 15 is 0 Å². The van der Waals surface area contributed by atoms with Crippen LogP contribution in [0.15, 0.2) is 59.5 Å². The van der Waals surface area contributed by atoms with Crippen LogP contribution in [0.4, 0.5) is 0 Å². The van der Waals surface area contributed by atoms with Crippen LogP contribution in [0.25, 0.3) is 6.08 Å². The van der Waals surface area contributed by atoms with Gasteiger partial charge in [-0.25, -0.2) is 8.42 Å². The van der Waals surface area contributed by atoms with E-state index in [2.05, 4.69) is 24.3 Å². The number of nitrogens with zero attached hydrogens (tertiary/aromatic N) is 2. The Balaban J connectivity index is 1.44. The molecule has 0 unspecified atom stereocenters. The molecule has 2 aliphatic heterocycles. The lowest BCUT2D eigenvalue weighted by molar-refractivity contribution is -0.126. The van der Waals surface area contributed by atoms with E-state index in [1.54, 1.807) is 30.4 Å². The summed E-state index contributed by atoms with van der Waals surface area (Å²) in [7, 11) is -2.16. The zero-order valence-electron chi connectivity index (χ0n) is 19.2. The van der Waals surface area contributed by atoms with Gasteiger partial charge in [-0.2, -0.15) is 4.31 Å². The summed E-state index contributed by atoms with van der Waals surface area (Å²) in [6, 6.07) is 15.5. The van der Waals surface area contributed by atoms with E-state index in [1.165, 1.54) is 17.0 Å². The molecule has 0 spiro atoms. The SMILES string of the molecule is COc1ccc(/C=C/C(=O)N2CCC(c3ccccc3)CC2)cc1S(=O)(=O)N1CCCCC1. The molecule has 0 aliphatic carbocycles. The minimum absolute atomic E-state index is 0.0437. The van der Waals surface area contributed by atoms with E-state index in [0.29, 0.717) is 30.3 Å². The highest BCUT2D eigenvalue weighted by molar-refractivity contribution is 7.89. The van der Waals surface area contributed by atoms with Crippen LogP contribution in [0, 0.1) is 0 Å². The fourth-order valence-electron chi connectivity index (χ4n) is 4.67. The van der Waals surface area contributed by atoms with Crippen molar-refractivity contribution in [2.75, 3.05) is 33.3 Å². The highest BCUT2D eigenvalue weighted by Gasteiger charge is 2.29. The van der Waals surface area contributed by atoms with Crippen LogP contribution in [-0.4, -0.2) is 56.8 Å². The number of likely N-dealkylation sites (tertiary alicyclic amines) is 1. The van der Waals surface area contributed by atoms with Gasteiger partial charge in [0.25, 0.3) is 0 Å². The van der Waals surface area contributed by atoms with Crippen molar-refractivity contribution in [3.05, 3.63) is 65.7 Å². The zero-order chi connectivity index (χ0) is 23.3. The molecule has 33 heavy (non-hydrogen) atoms. The number of hydrogen-bond acceptors (Lipinski definition) is 4. The average Bonchev–Trinajstić information content (AvgIpc) is 2.88. The van der Waals surface area contributed by atoms with E-state index in [4.69, 9.17) is 4.74 Å². The average molecular weight is 469 g/mol. The van der Waals surface area contributed by atoms with Gasteiger partial charge in [-0.15, -0.1) is 0 Å². The number of piperidine rings is 2. The minimum Gasteiger partial charge on any atom is -0.495 e. The number of sulfonamides is 1. The first kappa shape index (κ1) is 23.5. The van der Waals surface area contributed by atoms with Gasteiger partial charge < -0.3 is 9.64 Å². The molecule has 4 rings (SSSR count). The summed E-state index contributed by atoms with van der Waals surface area (Å²) >= 11 is 0. The lowest BCUT2D eigenvalue weighted by Crippen LogP contribution is -2.36. The van der Waals surface area contributed by atoms with Gasteiger partial charge in [0, 0.05) is 32.3 Å². The Morgan fingerprint density at radius 3 is 2.33 bits per heavy atom. The van der Waals surface area contributed by atoms with Crippen LogP contribution >= 0.6 is 0 Å². The second kappa shape index (κ2) is 10.5. The Hall–Kier alpha value is -2.64. The van der Waals surface area contributed by atoms with Crippen LogP contribution in [-0.2, 0) is 14.8 Å². The molecule has 0 aromatic heterocycles. The van der Waals surface area contributed by atoms with Crippen LogP contribution in [0.2, 0.25) is 0 Å². The van der Waals surface area contributed by atoms with Crippen molar-refractivity contribution in [1.82, 2.24) is 9.21 Å². The Morgan fingerprint density at radius 2 is 1.67 bits per heavy atom. The zero-order valence-corrected chi connectivity index (χ0v) is 20.0. The molecule has 176 valence electrons.